The van der Waals surface area contributed by atoms with Gasteiger partial charge < -0.3 is 15.1 Å². The standard InChI is InChI=1S/C29H31N3O2/c33-28(30-20-22-7-6-10-25(19-22)29(34)31-16-4-1-5-17-31)24-11-13-27(14-12-24)32-18-15-23-8-2-3-9-26(23)21-32/h2-3,6-14,19H,1,4-5,15-18,20-21H2,(H,30,33). The van der Waals surface area contributed by atoms with Crippen molar-refractivity contribution in [2.75, 3.05) is 24.5 Å². The van der Waals surface area contributed by atoms with E-state index >= 15 is 0 Å². The monoisotopic (exact) mass is 453 g/mol. The number of rotatable bonds is 5. The van der Waals surface area contributed by atoms with Crippen molar-refractivity contribution in [3.05, 3.63) is 101 Å². The number of nitrogens with one attached hydrogen (secondary N) is 1. The summed E-state index contributed by atoms with van der Waals surface area (Å²) in [5.41, 5.74) is 6.20. The summed E-state index contributed by atoms with van der Waals surface area (Å²) in [6.07, 6.45) is 4.39. The van der Waals surface area contributed by atoms with Crippen molar-refractivity contribution in [1.82, 2.24) is 10.2 Å². The van der Waals surface area contributed by atoms with Gasteiger partial charge >= 0.3 is 0 Å². The number of piperidine rings is 1. The van der Waals surface area contributed by atoms with Gasteiger partial charge in [0.1, 0.15) is 0 Å². The van der Waals surface area contributed by atoms with Gasteiger partial charge in [-0.25, -0.2) is 0 Å². The number of fused-ring (bicyclic) bond motifs is 1. The van der Waals surface area contributed by atoms with Crippen LogP contribution >= 0.6 is 0 Å². The Morgan fingerprint density at radius 1 is 0.765 bits per heavy atom. The third-order valence-corrected chi connectivity index (χ3v) is 6.90. The molecule has 5 rings (SSSR count). The van der Waals surface area contributed by atoms with E-state index in [0.29, 0.717) is 17.7 Å². The molecule has 1 saturated heterocycles. The first kappa shape index (κ1) is 22.2. The van der Waals surface area contributed by atoms with E-state index in [1.165, 1.54) is 17.5 Å². The number of anilines is 1. The fourth-order valence-electron chi connectivity index (χ4n) is 4.92. The minimum Gasteiger partial charge on any atom is -0.367 e. The smallest absolute Gasteiger partial charge is 0.253 e. The number of carbonyl (C=O) groups is 2. The Balaban J connectivity index is 1.18. The van der Waals surface area contributed by atoms with Crippen molar-refractivity contribution < 1.29 is 9.59 Å². The highest BCUT2D eigenvalue weighted by Crippen LogP contribution is 2.24. The number of likely N-dealkylation sites (tertiary alicyclic amines) is 1. The normalized spacial score (nSPS) is 15.5. The highest BCUT2D eigenvalue weighted by molar-refractivity contribution is 5.95. The Morgan fingerprint density at radius 3 is 2.32 bits per heavy atom. The largest absolute Gasteiger partial charge is 0.367 e. The average molecular weight is 454 g/mol. The molecule has 0 bridgehead atoms. The van der Waals surface area contributed by atoms with Crippen molar-refractivity contribution in [1.29, 1.82) is 0 Å². The third-order valence-electron chi connectivity index (χ3n) is 6.90. The van der Waals surface area contributed by atoms with Crippen LogP contribution in [0.3, 0.4) is 0 Å². The predicted octanol–water partition coefficient (Wildman–Crippen LogP) is 4.81. The van der Waals surface area contributed by atoms with Crippen molar-refractivity contribution in [3.8, 4) is 0 Å². The van der Waals surface area contributed by atoms with Crippen LogP contribution in [0.1, 0.15) is 56.7 Å². The molecule has 5 nitrogen and oxygen atoms in total. The number of hydrogen-bond donors (Lipinski definition) is 1. The Bertz CT molecular complexity index is 1170. The zero-order valence-electron chi connectivity index (χ0n) is 19.5. The molecule has 0 aliphatic carbocycles. The van der Waals surface area contributed by atoms with Crippen molar-refractivity contribution in [2.45, 2.75) is 38.8 Å². The summed E-state index contributed by atoms with van der Waals surface area (Å²) in [7, 11) is 0. The van der Waals surface area contributed by atoms with Crippen LogP contribution in [0, 0.1) is 0 Å². The Morgan fingerprint density at radius 2 is 1.53 bits per heavy atom. The van der Waals surface area contributed by atoms with Gasteiger partial charge in [0.2, 0.25) is 0 Å². The van der Waals surface area contributed by atoms with Crippen molar-refractivity contribution in [3.63, 3.8) is 0 Å². The highest BCUT2D eigenvalue weighted by atomic mass is 16.2. The summed E-state index contributed by atoms with van der Waals surface area (Å²) < 4.78 is 0. The van der Waals surface area contributed by atoms with E-state index in [1.54, 1.807) is 0 Å². The second kappa shape index (κ2) is 10.1. The third kappa shape index (κ3) is 4.98. The molecule has 174 valence electrons. The Hall–Kier alpha value is -3.60. The van der Waals surface area contributed by atoms with Gasteiger partial charge in [0.15, 0.2) is 0 Å². The van der Waals surface area contributed by atoms with Gasteiger partial charge in [-0.15, -0.1) is 0 Å². The van der Waals surface area contributed by atoms with E-state index in [9.17, 15) is 9.59 Å². The number of benzene rings is 3. The molecule has 5 heteroatoms. The fourth-order valence-corrected chi connectivity index (χ4v) is 4.92. The summed E-state index contributed by atoms with van der Waals surface area (Å²) in [5.74, 6) is -0.0212. The second-order valence-electron chi connectivity index (χ2n) is 9.22. The van der Waals surface area contributed by atoms with Gasteiger partial charge in [0.05, 0.1) is 0 Å². The molecule has 1 N–H and O–H groups in total. The number of carbonyl (C=O) groups excluding carboxylic acids is 2. The molecule has 2 heterocycles. The predicted molar refractivity (Wildman–Crippen MR) is 135 cm³/mol. The van der Waals surface area contributed by atoms with Crippen LogP contribution in [0.5, 0.6) is 0 Å². The average Bonchev–Trinajstić information content (AvgIpc) is 2.92. The topological polar surface area (TPSA) is 52.7 Å². The van der Waals surface area contributed by atoms with E-state index in [-0.39, 0.29) is 11.8 Å². The van der Waals surface area contributed by atoms with E-state index in [1.807, 2.05) is 53.4 Å². The zero-order valence-corrected chi connectivity index (χ0v) is 19.5. The minimum absolute atomic E-state index is 0.0869. The van der Waals surface area contributed by atoms with E-state index < -0.39 is 0 Å². The van der Waals surface area contributed by atoms with E-state index in [4.69, 9.17) is 0 Å². The number of amides is 2. The van der Waals surface area contributed by atoms with Gasteiger partial charge in [-0.1, -0.05) is 36.4 Å². The van der Waals surface area contributed by atoms with Gasteiger partial charge in [0.25, 0.3) is 11.8 Å². The van der Waals surface area contributed by atoms with Crippen molar-refractivity contribution >= 4 is 17.5 Å². The van der Waals surface area contributed by atoms with Crippen LogP contribution in [-0.2, 0) is 19.5 Å². The van der Waals surface area contributed by atoms with Gasteiger partial charge in [-0.2, -0.15) is 0 Å². The molecule has 34 heavy (non-hydrogen) atoms. The van der Waals surface area contributed by atoms with E-state index in [2.05, 4.69) is 34.5 Å². The lowest BCUT2D eigenvalue weighted by atomic mass is 9.99. The minimum atomic E-state index is -0.108. The quantitative estimate of drug-likeness (QED) is 0.604. The van der Waals surface area contributed by atoms with Crippen LogP contribution in [0.2, 0.25) is 0 Å². The lowest BCUT2D eigenvalue weighted by Crippen LogP contribution is -2.35. The van der Waals surface area contributed by atoms with Gasteiger partial charge in [-0.3, -0.25) is 9.59 Å². The molecule has 2 aliphatic rings. The van der Waals surface area contributed by atoms with Crippen LogP contribution < -0.4 is 10.2 Å². The van der Waals surface area contributed by atoms with Crippen molar-refractivity contribution in [2.24, 2.45) is 0 Å². The molecule has 0 atom stereocenters. The Kier molecular flexibility index (Phi) is 6.61. The lowest BCUT2D eigenvalue weighted by molar-refractivity contribution is 0.0724. The van der Waals surface area contributed by atoms with Gasteiger partial charge in [0, 0.05) is 49.5 Å². The molecule has 0 saturated carbocycles. The first-order chi connectivity index (χ1) is 16.7. The maximum atomic E-state index is 12.8. The molecular weight excluding hydrogens is 422 g/mol. The SMILES string of the molecule is O=C(NCc1cccc(C(=O)N2CCCCC2)c1)c1ccc(N2CCc3ccccc3C2)cc1. The summed E-state index contributed by atoms with van der Waals surface area (Å²) in [5, 5.41) is 3.00. The first-order valence-corrected chi connectivity index (χ1v) is 12.3. The van der Waals surface area contributed by atoms with Crippen LogP contribution in [-0.4, -0.2) is 36.3 Å². The number of hydrogen-bond acceptors (Lipinski definition) is 3. The number of nitrogens with zero attached hydrogens (tertiary/aromatic N) is 2. The maximum absolute atomic E-state index is 12.8. The second-order valence-corrected chi connectivity index (χ2v) is 9.22. The molecule has 3 aromatic rings. The summed E-state index contributed by atoms with van der Waals surface area (Å²) in [6, 6.07) is 24.0. The Labute approximate surface area is 201 Å². The molecule has 1 fully saturated rings. The van der Waals surface area contributed by atoms with Crippen LogP contribution in [0.15, 0.2) is 72.8 Å². The zero-order chi connectivity index (χ0) is 23.3. The van der Waals surface area contributed by atoms with E-state index in [0.717, 1.165) is 56.7 Å². The highest BCUT2D eigenvalue weighted by Gasteiger charge is 2.19. The molecule has 2 aliphatic heterocycles. The van der Waals surface area contributed by atoms with Crippen LogP contribution in [0.25, 0.3) is 0 Å². The molecule has 3 aromatic carbocycles. The summed E-state index contributed by atoms with van der Waals surface area (Å²) in [4.78, 5) is 29.8. The molecule has 0 spiro atoms. The summed E-state index contributed by atoms with van der Waals surface area (Å²) >= 11 is 0. The van der Waals surface area contributed by atoms with Crippen LogP contribution in [0.4, 0.5) is 5.69 Å². The first-order valence-electron chi connectivity index (χ1n) is 12.3. The fraction of sp³-hybridized carbons (Fsp3) is 0.310. The summed E-state index contributed by atoms with van der Waals surface area (Å²) in [6.45, 7) is 3.94. The van der Waals surface area contributed by atoms with Gasteiger partial charge in [-0.05, 0) is 78.8 Å². The lowest BCUT2D eigenvalue weighted by Gasteiger charge is -2.30. The molecule has 0 aromatic heterocycles. The molecule has 0 unspecified atom stereocenters. The molecular formula is C29H31N3O2. The molecule has 0 radical (unpaired) electrons. The maximum Gasteiger partial charge on any atom is 0.253 e. The molecule has 2 amide bonds.